The van der Waals surface area contributed by atoms with E-state index in [0.717, 1.165) is 16.7 Å². The van der Waals surface area contributed by atoms with Crippen molar-refractivity contribution in [3.8, 4) is 0 Å². The molecule has 2 amide bonds. The molecule has 0 aliphatic heterocycles. The number of amides is 2. The van der Waals surface area contributed by atoms with Crippen molar-refractivity contribution in [3.63, 3.8) is 0 Å². The van der Waals surface area contributed by atoms with E-state index in [-0.39, 0.29) is 11.8 Å². The third-order valence-corrected chi connectivity index (χ3v) is 3.70. The second kappa shape index (κ2) is 6.65. The molecule has 120 valence electrons. The van der Waals surface area contributed by atoms with Crippen molar-refractivity contribution in [2.45, 2.75) is 20.8 Å². The number of anilines is 1. The third-order valence-electron chi connectivity index (χ3n) is 3.70. The highest BCUT2D eigenvalue weighted by atomic mass is 16.2. The molecular formula is C19H22N2O2. The first-order valence-corrected chi connectivity index (χ1v) is 7.50. The summed E-state index contributed by atoms with van der Waals surface area (Å²) in [6, 6.07) is 10.9. The lowest BCUT2D eigenvalue weighted by molar-refractivity contribution is 0.0827. The molecule has 0 bridgehead atoms. The van der Waals surface area contributed by atoms with Crippen LogP contribution in [0.15, 0.2) is 36.4 Å². The summed E-state index contributed by atoms with van der Waals surface area (Å²) in [5.74, 6) is -0.195. The quantitative estimate of drug-likeness (QED) is 0.942. The number of aryl methyl sites for hydroxylation is 3. The number of hydrogen-bond donors (Lipinski definition) is 1. The molecule has 0 aliphatic rings. The van der Waals surface area contributed by atoms with Crippen molar-refractivity contribution in [2.24, 2.45) is 0 Å². The highest BCUT2D eigenvalue weighted by molar-refractivity contribution is 6.06. The van der Waals surface area contributed by atoms with E-state index in [1.54, 1.807) is 38.4 Å². The first-order valence-electron chi connectivity index (χ1n) is 7.50. The summed E-state index contributed by atoms with van der Waals surface area (Å²) in [5.41, 5.74) is 5.02. The molecule has 0 aromatic heterocycles. The number of carbonyl (C=O) groups excluding carboxylic acids is 2. The molecule has 0 aliphatic carbocycles. The Bertz CT molecular complexity index is 723. The SMILES string of the molecule is Cc1cc(C)c(C(=O)Nc2ccc(C(=O)N(C)C)cc2)c(C)c1. The van der Waals surface area contributed by atoms with Gasteiger partial charge in [-0.15, -0.1) is 0 Å². The fraction of sp³-hybridized carbons (Fsp3) is 0.263. The number of nitrogens with zero attached hydrogens (tertiary/aromatic N) is 1. The van der Waals surface area contributed by atoms with Crippen molar-refractivity contribution >= 4 is 17.5 Å². The molecule has 0 spiro atoms. The molecule has 0 unspecified atom stereocenters. The van der Waals surface area contributed by atoms with E-state index in [9.17, 15) is 9.59 Å². The first kappa shape index (κ1) is 16.7. The number of rotatable bonds is 3. The lowest BCUT2D eigenvalue weighted by Gasteiger charge is -2.13. The van der Waals surface area contributed by atoms with Crippen LogP contribution in [0.2, 0.25) is 0 Å². The van der Waals surface area contributed by atoms with Gasteiger partial charge in [-0.1, -0.05) is 17.7 Å². The molecule has 23 heavy (non-hydrogen) atoms. The molecule has 4 nitrogen and oxygen atoms in total. The van der Waals surface area contributed by atoms with Crippen molar-refractivity contribution in [1.82, 2.24) is 4.90 Å². The number of nitrogens with one attached hydrogen (secondary N) is 1. The number of hydrogen-bond acceptors (Lipinski definition) is 2. The van der Waals surface area contributed by atoms with Gasteiger partial charge in [-0.2, -0.15) is 0 Å². The largest absolute Gasteiger partial charge is 0.345 e. The van der Waals surface area contributed by atoms with Crippen LogP contribution in [0.1, 0.15) is 37.4 Å². The van der Waals surface area contributed by atoms with Crippen LogP contribution in [0.5, 0.6) is 0 Å². The van der Waals surface area contributed by atoms with Crippen LogP contribution >= 0.6 is 0 Å². The summed E-state index contributed by atoms with van der Waals surface area (Å²) >= 11 is 0. The van der Waals surface area contributed by atoms with Crippen molar-refractivity contribution < 1.29 is 9.59 Å². The Morgan fingerprint density at radius 2 is 1.43 bits per heavy atom. The first-order chi connectivity index (χ1) is 10.8. The summed E-state index contributed by atoms with van der Waals surface area (Å²) in [4.78, 5) is 25.9. The zero-order valence-electron chi connectivity index (χ0n) is 14.2. The Morgan fingerprint density at radius 3 is 1.91 bits per heavy atom. The maximum atomic E-state index is 12.5. The summed E-state index contributed by atoms with van der Waals surface area (Å²) in [6.07, 6.45) is 0. The summed E-state index contributed by atoms with van der Waals surface area (Å²) in [5, 5.41) is 2.89. The molecule has 2 aromatic carbocycles. The fourth-order valence-electron chi connectivity index (χ4n) is 2.69. The second-order valence-corrected chi connectivity index (χ2v) is 6.00. The average molecular weight is 310 g/mol. The standard InChI is InChI=1S/C19H22N2O2/c1-12-10-13(2)17(14(3)11-12)18(22)20-16-8-6-15(7-9-16)19(23)21(4)5/h6-11H,1-5H3,(H,20,22). The van der Waals surface area contributed by atoms with Crippen LogP contribution in [0, 0.1) is 20.8 Å². The summed E-state index contributed by atoms with van der Waals surface area (Å²) < 4.78 is 0. The maximum Gasteiger partial charge on any atom is 0.256 e. The van der Waals surface area contributed by atoms with Gasteiger partial charge in [0.25, 0.3) is 11.8 Å². The van der Waals surface area contributed by atoms with E-state index in [2.05, 4.69) is 5.32 Å². The molecule has 0 fully saturated rings. The van der Waals surface area contributed by atoms with Crippen LogP contribution in [0.3, 0.4) is 0 Å². The smallest absolute Gasteiger partial charge is 0.256 e. The van der Waals surface area contributed by atoms with Crippen LogP contribution in [0.25, 0.3) is 0 Å². The Labute approximate surface area is 137 Å². The van der Waals surface area contributed by atoms with E-state index in [1.807, 2.05) is 32.9 Å². The van der Waals surface area contributed by atoms with Crippen LogP contribution < -0.4 is 5.32 Å². The lowest BCUT2D eigenvalue weighted by Crippen LogP contribution is -2.21. The Morgan fingerprint density at radius 1 is 0.913 bits per heavy atom. The third kappa shape index (κ3) is 3.77. The molecule has 0 atom stereocenters. The summed E-state index contributed by atoms with van der Waals surface area (Å²) in [7, 11) is 3.42. The van der Waals surface area contributed by atoms with Gasteiger partial charge in [0.2, 0.25) is 0 Å². The molecule has 0 heterocycles. The Hall–Kier alpha value is -2.62. The molecule has 1 N–H and O–H groups in total. The van der Waals surface area contributed by atoms with Gasteiger partial charge in [-0.25, -0.2) is 0 Å². The van der Waals surface area contributed by atoms with Gasteiger partial charge >= 0.3 is 0 Å². The zero-order chi connectivity index (χ0) is 17.1. The van der Waals surface area contributed by atoms with Gasteiger partial charge in [0.15, 0.2) is 0 Å². The van der Waals surface area contributed by atoms with E-state index >= 15 is 0 Å². The maximum absolute atomic E-state index is 12.5. The van der Waals surface area contributed by atoms with Gasteiger partial charge in [-0.3, -0.25) is 9.59 Å². The van der Waals surface area contributed by atoms with Gasteiger partial charge in [0, 0.05) is 30.9 Å². The highest BCUT2D eigenvalue weighted by Gasteiger charge is 2.13. The molecule has 2 aromatic rings. The molecule has 2 rings (SSSR count). The minimum Gasteiger partial charge on any atom is -0.345 e. The van der Waals surface area contributed by atoms with Gasteiger partial charge < -0.3 is 10.2 Å². The normalized spacial score (nSPS) is 10.3. The van der Waals surface area contributed by atoms with Gasteiger partial charge in [0.1, 0.15) is 0 Å². The number of benzene rings is 2. The molecule has 0 saturated heterocycles. The monoisotopic (exact) mass is 310 g/mol. The topological polar surface area (TPSA) is 49.4 Å². The van der Waals surface area contributed by atoms with Crippen LogP contribution in [-0.4, -0.2) is 30.8 Å². The molecule has 0 saturated carbocycles. The van der Waals surface area contributed by atoms with Crippen molar-refractivity contribution in [1.29, 1.82) is 0 Å². The van der Waals surface area contributed by atoms with Crippen LogP contribution in [-0.2, 0) is 0 Å². The van der Waals surface area contributed by atoms with Crippen LogP contribution in [0.4, 0.5) is 5.69 Å². The fourth-order valence-corrected chi connectivity index (χ4v) is 2.69. The lowest BCUT2D eigenvalue weighted by atomic mass is 9.99. The Kier molecular flexibility index (Phi) is 4.84. The average Bonchev–Trinajstić information content (AvgIpc) is 2.46. The van der Waals surface area contributed by atoms with Gasteiger partial charge in [-0.05, 0) is 56.2 Å². The predicted molar refractivity (Wildman–Crippen MR) is 93.1 cm³/mol. The number of carbonyl (C=O) groups is 2. The molecule has 0 radical (unpaired) electrons. The van der Waals surface area contributed by atoms with Crippen molar-refractivity contribution in [3.05, 3.63) is 64.2 Å². The van der Waals surface area contributed by atoms with E-state index in [0.29, 0.717) is 16.8 Å². The zero-order valence-corrected chi connectivity index (χ0v) is 14.2. The second-order valence-electron chi connectivity index (χ2n) is 6.00. The van der Waals surface area contributed by atoms with Crippen molar-refractivity contribution in [2.75, 3.05) is 19.4 Å². The van der Waals surface area contributed by atoms with E-state index in [1.165, 1.54) is 4.90 Å². The van der Waals surface area contributed by atoms with E-state index in [4.69, 9.17) is 0 Å². The minimum absolute atomic E-state index is 0.0619. The molecular weight excluding hydrogens is 288 g/mol. The summed E-state index contributed by atoms with van der Waals surface area (Å²) in [6.45, 7) is 5.89. The van der Waals surface area contributed by atoms with Gasteiger partial charge in [0.05, 0.1) is 0 Å². The van der Waals surface area contributed by atoms with E-state index < -0.39 is 0 Å². The predicted octanol–water partition coefficient (Wildman–Crippen LogP) is 3.57. The molecule has 4 heteroatoms. The minimum atomic E-state index is -0.133. The highest BCUT2D eigenvalue weighted by Crippen LogP contribution is 2.19. The Balaban J connectivity index is 2.20.